The van der Waals surface area contributed by atoms with Crippen LogP contribution in [0.5, 0.6) is 0 Å². The molecule has 0 atom stereocenters. The van der Waals surface area contributed by atoms with Gasteiger partial charge in [-0.15, -0.1) is 0 Å². The molecule has 0 spiro atoms. The molecule has 0 amide bonds. The van der Waals surface area contributed by atoms with Crippen LogP contribution in [0.4, 0.5) is 0 Å². The zero-order valence-corrected chi connectivity index (χ0v) is 13.9. The average molecular weight is 299 g/mol. The number of methoxy groups -OCH3 is 1. The molecular weight excluding hydrogens is 274 g/mol. The van der Waals surface area contributed by atoms with Crippen LogP contribution in [0.2, 0.25) is 0 Å². The number of hydrogen-bond acceptors (Lipinski definition) is 2. The second kappa shape index (κ2) is 7.30. The van der Waals surface area contributed by atoms with Gasteiger partial charge in [0.05, 0.1) is 12.7 Å². The fourth-order valence-electron chi connectivity index (χ4n) is 2.80. The lowest BCUT2D eigenvalue weighted by atomic mass is 10.1. The molecule has 0 aliphatic heterocycles. The van der Waals surface area contributed by atoms with E-state index in [1.165, 1.54) is 7.11 Å². The minimum atomic E-state index is -0.247. The Morgan fingerprint density at radius 2 is 1.91 bits per heavy atom. The molecule has 1 heterocycles. The molecule has 0 saturated carbocycles. The first-order valence-corrected chi connectivity index (χ1v) is 7.94. The predicted molar refractivity (Wildman–Crippen MR) is 90.0 cm³/mol. The normalized spacial score (nSPS) is 11.0. The summed E-state index contributed by atoms with van der Waals surface area (Å²) in [6.45, 7) is 7.43. The number of esters is 1. The lowest BCUT2D eigenvalue weighted by molar-refractivity contribution is 0.0599. The van der Waals surface area contributed by atoms with Crippen LogP contribution in [0.25, 0.3) is 11.3 Å². The fraction of sp³-hybridized carbons (Fsp3) is 0.421. The van der Waals surface area contributed by atoms with Crippen molar-refractivity contribution in [2.75, 3.05) is 7.11 Å². The molecule has 3 heteroatoms. The van der Waals surface area contributed by atoms with Gasteiger partial charge in [0.1, 0.15) is 0 Å². The van der Waals surface area contributed by atoms with Gasteiger partial charge >= 0.3 is 5.97 Å². The maximum Gasteiger partial charge on any atom is 0.339 e. The first kappa shape index (κ1) is 16.3. The van der Waals surface area contributed by atoms with Crippen LogP contribution in [0.1, 0.15) is 43.2 Å². The summed E-state index contributed by atoms with van der Waals surface area (Å²) in [5.74, 6) is 0.263. The highest BCUT2D eigenvalue weighted by molar-refractivity contribution is 5.92. The SMILES string of the molecule is CCCc1c(C(=O)OC)cc(-c2ccccc2)n1CC(C)C. The Bertz CT molecular complexity index is 626. The van der Waals surface area contributed by atoms with Gasteiger partial charge in [-0.05, 0) is 24.0 Å². The molecule has 1 aromatic carbocycles. The van der Waals surface area contributed by atoms with E-state index in [1.54, 1.807) is 0 Å². The van der Waals surface area contributed by atoms with Gasteiger partial charge in [-0.1, -0.05) is 57.5 Å². The third-order valence-electron chi connectivity index (χ3n) is 3.72. The van der Waals surface area contributed by atoms with E-state index in [0.29, 0.717) is 11.5 Å². The standard InChI is InChI=1S/C19H25NO2/c1-5-9-17-16(19(21)22-4)12-18(20(17)13-14(2)3)15-10-7-6-8-11-15/h6-8,10-12,14H,5,9,13H2,1-4H3. The predicted octanol–water partition coefficient (Wildman–Crippen LogP) is 4.55. The number of hydrogen-bond donors (Lipinski definition) is 0. The van der Waals surface area contributed by atoms with E-state index in [2.05, 4.69) is 37.5 Å². The maximum absolute atomic E-state index is 12.2. The topological polar surface area (TPSA) is 31.2 Å². The van der Waals surface area contributed by atoms with Crippen molar-refractivity contribution < 1.29 is 9.53 Å². The molecule has 1 aromatic heterocycles. The molecule has 3 nitrogen and oxygen atoms in total. The van der Waals surface area contributed by atoms with Crippen molar-refractivity contribution in [3.63, 3.8) is 0 Å². The van der Waals surface area contributed by atoms with E-state index < -0.39 is 0 Å². The molecule has 0 N–H and O–H groups in total. The number of nitrogens with zero attached hydrogens (tertiary/aromatic N) is 1. The number of carbonyl (C=O) groups is 1. The van der Waals surface area contributed by atoms with Gasteiger partial charge in [0, 0.05) is 17.9 Å². The summed E-state index contributed by atoms with van der Waals surface area (Å²) in [5.41, 5.74) is 4.01. The van der Waals surface area contributed by atoms with E-state index in [-0.39, 0.29) is 5.97 Å². The fourth-order valence-corrected chi connectivity index (χ4v) is 2.80. The van der Waals surface area contributed by atoms with Crippen LogP contribution in [0.15, 0.2) is 36.4 Å². The van der Waals surface area contributed by atoms with Gasteiger partial charge in [-0.25, -0.2) is 4.79 Å². The third kappa shape index (κ3) is 3.41. The average Bonchev–Trinajstić information content (AvgIpc) is 2.86. The molecule has 0 bridgehead atoms. The van der Waals surface area contributed by atoms with Crippen molar-refractivity contribution in [3.05, 3.63) is 47.7 Å². The Labute approximate surface area is 132 Å². The van der Waals surface area contributed by atoms with Crippen LogP contribution < -0.4 is 0 Å². The minimum Gasteiger partial charge on any atom is -0.465 e. The third-order valence-corrected chi connectivity index (χ3v) is 3.72. The molecule has 0 unspecified atom stereocenters. The Balaban J connectivity index is 2.62. The summed E-state index contributed by atoms with van der Waals surface area (Å²) in [4.78, 5) is 12.2. The zero-order valence-electron chi connectivity index (χ0n) is 13.9. The molecule has 0 aliphatic carbocycles. The highest BCUT2D eigenvalue weighted by atomic mass is 16.5. The smallest absolute Gasteiger partial charge is 0.339 e. The van der Waals surface area contributed by atoms with Gasteiger partial charge < -0.3 is 9.30 Å². The Kier molecular flexibility index (Phi) is 5.42. The van der Waals surface area contributed by atoms with Crippen molar-refractivity contribution >= 4 is 5.97 Å². The minimum absolute atomic E-state index is 0.247. The van der Waals surface area contributed by atoms with Gasteiger partial charge in [-0.3, -0.25) is 0 Å². The molecule has 0 radical (unpaired) electrons. The summed E-state index contributed by atoms with van der Waals surface area (Å²) in [5, 5.41) is 0. The molecule has 2 aromatic rings. The van der Waals surface area contributed by atoms with Gasteiger partial charge in [-0.2, -0.15) is 0 Å². The van der Waals surface area contributed by atoms with Crippen molar-refractivity contribution in [3.8, 4) is 11.3 Å². The van der Waals surface area contributed by atoms with E-state index >= 15 is 0 Å². The number of ether oxygens (including phenoxy) is 1. The Morgan fingerprint density at radius 3 is 2.45 bits per heavy atom. The lowest BCUT2D eigenvalue weighted by Gasteiger charge is -2.16. The molecule has 0 saturated heterocycles. The van der Waals surface area contributed by atoms with E-state index in [4.69, 9.17) is 4.74 Å². The molecule has 118 valence electrons. The molecule has 2 rings (SSSR count). The van der Waals surface area contributed by atoms with E-state index in [0.717, 1.165) is 36.3 Å². The number of rotatable bonds is 6. The van der Waals surface area contributed by atoms with Crippen LogP contribution in [-0.2, 0) is 17.7 Å². The molecule has 0 fully saturated rings. The van der Waals surface area contributed by atoms with Crippen molar-refractivity contribution in [2.24, 2.45) is 5.92 Å². The lowest BCUT2D eigenvalue weighted by Crippen LogP contribution is -2.12. The molecular formula is C19H25NO2. The summed E-state index contributed by atoms with van der Waals surface area (Å²) in [6.07, 6.45) is 1.88. The maximum atomic E-state index is 12.2. The summed E-state index contributed by atoms with van der Waals surface area (Å²) in [6, 6.07) is 12.2. The summed E-state index contributed by atoms with van der Waals surface area (Å²) >= 11 is 0. The highest BCUT2D eigenvalue weighted by Gasteiger charge is 2.21. The molecule has 0 aliphatic rings. The monoisotopic (exact) mass is 299 g/mol. The van der Waals surface area contributed by atoms with Crippen molar-refractivity contribution in [1.82, 2.24) is 4.57 Å². The largest absolute Gasteiger partial charge is 0.465 e. The van der Waals surface area contributed by atoms with Crippen molar-refractivity contribution in [1.29, 1.82) is 0 Å². The van der Waals surface area contributed by atoms with E-state index in [9.17, 15) is 4.79 Å². The van der Waals surface area contributed by atoms with Crippen molar-refractivity contribution in [2.45, 2.75) is 40.2 Å². The van der Waals surface area contributed by atoms with Crippen LogP contribution in [0.3, 0.4) is 0 Å². The molecule has 22 heavy (non-hydrogen) atoms. The first-order valence-electron chi connectivity index (χ1n) is 7.94. The Hall–Kier alpha value is -2.03. The highest BCUT2D eigenvalue weighted by Crippen LogP contribution is 2.28. The number of carbonyl (C=O) groups excluding carboxylic acids is 1. The second-order valence-corrected chi connectivity index (χ2v) is 6.00. The van der Waals surface area contributed by atoms with Crippen LogP contribution in [-0.4, -0.2) is 17.6 Å². The first-order chi connectivity index (χ1) is 10.6. The summed E-state index contributed by atoms with van der Waals surface area (Å²) in [7, 11) is 1.44. The zero-order chi connectivity index (χ0) is 16.1. The van der Waals surface area contributed by atoms with Gasteiger partial charge in [0.15, 0.2) is 0 Å². The summed E-state index contributed by atoms with van der Waals surface area (Å²) < 4.78 is 7.27. The Morgan fingerprint density at radius 1 is 1.23 bits per heavy atom. The van der Waals surface area contributed by atoms with Crippen LogP contribution in [0, 0.1) is 5.92 Å². The number of benzene rings is 1. The second-order valence-electron chi connectivity index (χ2n) is 6.00. The van der Waals surface area contributed by atoms with Gasteiger partial charge in [0.25, 0.3) is 0 Å². The van der Waals surface area contributed by atoms with Gasteiger partial charge in [0.2, 0.25) is 0 Å². The van der Waals surface area contributed by atoms with E-state index in [1.807, 2.05) is 24.3 Å². The quantitative estimate of drug-likeness (QED) is 0.733. The number of aromatic nitrogens is 1. The van der Waals surface area contributed by atoms with Crippen LogP contribution >= 0.6 is 0 Å².